The molecule has 0 aromatic carbocycles. The second-order valence-corrected chi connectivity index (χ2v) is 12.2. The quantitative estimate of drug-likeness (QED) is 0.240. The molecule has 0 spiro atoms. The molecular weight excluding hydrogens is 510 g/mol. The molecule has 1 unspecified atom stereocenters. The van der Waals surface area contributed by atoms with Crippen molar-refractivity contribution in [2.24, 2.45) is 5.92 Å². The number of amides is 3. The highest BCUT2D eigenvalue weighted by Crippen LogP contribution is 2.27. The lowest BCUT2D eigenvalue weighted by molar-refractivity contribution is -0.153. The number of alkyl carbamates (subject to hydrolysis) is 1. The summed E-state index contributed by atoms with van der Waals surface area (Å²) in [7, 11) is 1.14. The van der Waals surface area contributed by atoms with Crippen LogP contribution in [0.1, 0.15) is 81.1 Å². The van der Waals surface area contributed by atoms with Crippen LogP contribution >= 0.6 is 0 Å². The number of aldehydes is 1. The number of nitrogens with one attached hydrogen (secondary N) is 2. The zero-order valence-corrected chi connectivity index (χ0v) is 24.7. The van der Waals surface area contributed by atoms with E-state index in [1.54, 1.807) is 20.8 Å². The zero-order valence-electron chi connectivity index (χ0n) is 24.7. The van der Waals surface area contributed by atoms with E-state index in [4.69, 9.17) is 9.47 Å². The van der Waals surface area contributed by atoms with Crippen LogP contribution in [0.5, 0.6) is 0 Å². The van der Waals surface area contributed by atoms with Gasteiger partial charge < -0.3 is 39.6 Å². The first-order valence-corrected chi connectivity index (χ1v) is 13.4. The molecule has 1 saturated heterocycles. The van der Waals surface area contributed by atoms with E-state index in [2.05, 4.69) is 15.4 Å². The summed E-state index contributed by atoms with van der Waals surface area (Å²) >= 11 is 0. The summed E-state index contributed by atoms with van der Waals surface area (Å²) in [5.41, 5.74) is -1.37. The molecule has 1 heterocycles. The van der Waals surface area contributed by atoms with Gasteiger partial charge in [-0.3, -0.25) is 9.59 Å². The summed E-state index contributed by atoms with van der Waals surface area (Å²) in [5, 5.41) is 15.7. The molecule has 0 aliphatic carbocycles. The second-order valence-electron chi connectivity index (χ2n) is 12.2. The molecule has 3 N–H and O–H groups in total. The highest BCUT2D eigenvalue weighted by molar-refractivity contribution is 5.92. The Bertz CT molecular complexity index is 864. The molecule has 1 aliphatic heterocycles. The van der Waals surface area contributed by atoms with E-state index in [9.17, 15) is 29.1 Å². The Morgan fingerprint density at radius 1 is 1.05 bits per heavy atom. The van der Waals surface area contributed by atoms with Gasteiger partial charge in [0.1, 0.15) is 24.0 Å². The van der Waals surface area contributed by atoms with Gasteiger partial charge in [-0.15, -0.1) is 0 Å². The number of nitrogens with zero attached hydrogens (tertiary/aromatic N) is 1. The number of ether oxygens (including phenoxy) is 3. The fraction of sp³-hybridized carbons (Fsp3) is 0.815. The molecule has 224 valence electrons. The number of carbonyl (C=O) groups is 5. The molecule has 12 heteroatoms. The second kappa shape index (κ2) is 14.6. The van der Waals surface area contributed by atoms with Crippen molar-refractivity contribution in [1.29, 1.82) is 0 Å². The molecule has 3 amide bonds. The van der Waals surface area contributed by atoms with E-state index in [0.717, 1.165) is 7.11 Å². The molecule has 0 radical (unpaired) electrons. The third-order valence-electron chi connectivity index (χ3n) is 5.81. The molecule has 1 fully saturated rings. The van der Waals surface area contributed by atoms with Crippen LogP contribution in [-0.4, -0.2) is 95.4 Å². The van der Waals surface area contributed by atoms with Crippen molar-refractivity contribution in [2.75, 3.05) is 13.7 Å². The number of likely N-dealkylation sites (tertiary alicyclic amines) is 1. The average molecular weight is 558 g/mol. The lowest BCUT2D eigenvalue weighted by atomic mass is 9.98. The molecule has 0 aromatic rings. The van der Waals surface area contributed by atoms with Crippen molar-refractivity contribution in [3.05, 3.63) is 0 Å². The lowest BCUT2D eigenvalue weighted by Crippen LogP contribution is -2.57. The van der Waals surface area contributed by atoms with Gasteiger partial charge in [-0.05, 0) is 60.3 Å². The molecular formula is C27H47N3O9. The maximum Gasteiger partial charge on any atom is 0.408 e. The van der Waals surface area contributed by atoms with Gasteiger partial charge in [0.05, 0.1) is 24.9 Å². The summed E-state index contributed by atoms with van der Waals surface area (Å²) in [6, 6.07) is -3.08. The van der Waals surface area contributed by atoms with Crippen LogP contribution in [0.15, 0.2) is 0 Å². The Balaban J connectivity index is 3.28. The first-order chi connectivity index (χ1) is 17.9. The van der Waals surface area contributed by atoms with Crippen molar-refractivity contribution in [3.8, 4) is 0 Å². The van der Waals surface area contributed by atoms with Gasteiger partial charge in [-0.1, -0.05) is 13.8 Å². The van der Waals surface area contributed by atoms with Gasteiger partial charge in [0.25, 0.3) is 0 Å². The number of aliphatic hydroxyl groups excluding tert-OH is 1. The molecule has 39 heavy (non-hydrogen) atoms. The topological polar surface area (TPSA) is 161 Å². The van der Waals surface area contributed by atoms with Gasteiger partial charge in [0, 0.05) is 19.4 Å². The van der Waals surface area contributed by atoms with Crippen molar-refractivity contribution < 1.29 is 43.3 Å². The number of carbonyl (C=O) groups excluding carboxylic acids is 5. The summed E-state index contributed by atoms with van der Waals surface area (Å²) in [5.74, 6) is -2.01. The minimum Gasteiger partial charge on any atom is -0.467 e. The summed E-state index contributed by atoms with van der Waals surface area (Å²) in [4.78, 5) is 64.1. The Morgan fingerprint density at radius 2 is 1.67 bits per heavy atom. The van der Waals surface area contributed by atoms with Gasteiger partial charge in [-0.25, -0.2) is 9.59 Å². The van der Waals surface area contributed by atoms with Crippen LogP contribution in [0, 0.1) is 5.92 Å². The van der Waals surface area contributed by atoms with E-state index < -0.39 is 65.4 Å². The minimum atomic E-state index is -1.59. The van der Waals surface area contributed by atoms with Gasteiger partial charge in [0.2, 0.25) is 11.8 Å². The van der Waals surface area contributed by atoms with Crippen LogP contribution in [0.4, 0.5) is 4.79 Å². The number of rotatable bonds is 12. The minimum absolute atomic E-state index is 0.000607. The fourth-order valence-electron chi connectivity index (χ4n) is 4.36. The molecule has 5 atom stereocenters. The number of esters is 1. The summed E-state index contributed by atoms with van der Waals surface area (Å²) in [6.45, 7) is 14.4. The standard InChI is InChI=1S/C27H47N3O9/c1-16(2)13-19(21(32)24(35)37-9)28-22(33)20-14-17(38-26(3,4)5)15-30(20)23(34)18(11-10-12-31)29-25(36)39-27(6,7)8/h12,16-21,32H,10-11,13-15H2,1-9H3,(H,28,33)(H,29,36)/t17-,18+,19+,20+,21?/m1/s1. The molecule has 1 aliphatic rings. The monoisotopic (exact) mass is 557 g/mol. The Morgan fingerprint density at radius 3 is 2.15 bits per heavy atom. The van der Waals surface area contributed by atoms with Crippen LogP contribution in [0.25, 0.3) is 0 Å². The first kappa shape index (κ1) is 34.3. The number of methoxy groups -OCH3 is 1. The molecule has 0 bridgehead atoms. The van der Waals surface area contributed by atoms with E-state index in [-0.39, 0.29) is 38.1 Å². The van der Waals surface area contributed by atoms with Crippen LogP contribution in [0.2, 0.25) is 0 Å². The molecule has 0 aromatic heterocycles. The smallest absolute Gasteiger partial charge is 0.408 e. The predicted octanol–water partition coefficient (Wildman–Crippen LogP) is 1.71. The maximum absolute atomic E-state index is 13.7. The Hall–Kier alpha value is -2.73. The largest absolute Gasteiger partial charge is 0.467 e. The third kappa shape index (κ3) is 11.9. The lowest BCUT2D eigenvalue weighted by Gasteiger charge is -2.31. The van der Waals surface area contributed by atoms with E-state index in [1.807, 2.05) is 34.6 Å². The number of hydrogen-bond donors (Lipinski definition) is 3. The number of aliphatic hydroxyl groups is 1. The van der Waals surface area contributed by atoms with E-state index >= 15 is 0 Å². The fourth-order valence-corrected chi connectivity index (χ4v) is 4.36. The maximum atomic E-state index is 13.7. The van der Waals surface area contributed by atoms with Crippen LogP contribution in [0.3, 0.4) is 0 Å². The van der Waals surface area contributed by atoms with Crippen molar-refractivity contribution in [3.63, 3.8) is 0 Å². The SMILES string of the molecule is COC(=O)C(O)[C@H](CC(C)C)NC(=O)[C@@H]1C[C@@H](OC(C)(C)C)CN1C(=O)[C@H](CCC=O)NC(=O)OC(C)(C)C. The van der Waals surface area contributed by atoms with Gasteiger partial charge in [-0.2, -0.15) is 0 Å². The van der Waals surface area contributed by atoms with Crippen LogP contribution in [-0.2, 0) is 33.4 Å². The average Bonchev–Trinajstić information content (AvgIpc) is 3.20. The van der Waals surface area contributed by atoms with Crippen molar-refractivity contribution in [2.45, 2.75) is 123 Å². The first-order valence-electron chi connectivity index (χ1n) is 13.4. The summed E-state index contributed by atoms with van der Waals surface area (Å²) < 4.78 is 16.0. The summed E-state index contributed by atoms with van der Waals surface area (Å²) in [6.07, 6.45) is -1.82. The van der Waals surface area contributed by atoms with Gasteiger partial charge >= 0.3 is 12.1 Å². The van der Waals surface area contributed by atoms with Crippen molar-refractivity contribution in [1.82, 2.24) is 15.5 Å². The third-order valence-corrected chi connectivity index (χ3v) is 5.81. The Labute approximate surface area is 231 Å². The Kier molecular flexibility index (Phi) is 12.8. The van der Waals surface area contributed by atoms with Gasteiger partial charge in [0.15, 0.2) is 6.10 Å². The molecule has 1 rings (SSSR count). The van der Waals surface area contributed by atoms with E-state index in [1.165, 1.54) is 4.90 Å². The highest BCUT2D eigenvalue weighted by Gasteiger charge is 2.44. The zero-order chi connectivity index (χ0) is 30.1. The van der Waals surface area contributed by atoms with Crippen LogP contribution < -0.4 is 10.6 Å². The van der Waals surface area contributed by atoms with E-state index in [0.29, 0.717) is 6.29 Å². The predicted molar refractivity (Wildman–Crippen MR) is 143 cm³/mol. The van der Waals surface area contributed by atoms with Crippen molar-refractivity contribution >= 4 is 30.2 Å². The number of hydrogen-bond acceptors (Lipinski definition) is 9. The molecule has 0 saturated carbocycles. The highest BCUT2D eigenvalue weighted by atomic mass is 16.6. The molecule has 12 nitrogen and oxygen atoms in total. The normalized spacial score (nSPS) is 20.1.